The first-order chi connectivity index (χ1) is 7.72. The molecule has 0 aliphatic carbocycles. The average molecular weight is 225 g/mol. The first-order valence-electron chi connectivity index (χ1n) is 5.88. The van der Waals surface area contributed by atoms with Crippen molar-refractivity contribution in [2.45, 2.75) is 45.4 Å². The van der Waals surface area contributed by atoms with Crippen molar-refractivity contribution >= 4 is 0 Å². The van der Waals surface area contributed by atoms with Gasteiger partial charge in [0.15, 0.2) is 0 Å². The maximum atomic E-state index is 10.2. The zero-order chi connectivity index (χ0) is 11.5. The topological polar surface area (TPSA) is 60.2 Å². The third kappa shape index (κ3) is 2.25. The summed E-state index contributed by atoms with van der Waals surface area (Å²) >= 11 is 0. The van der Waals surface area contributed by atoms with Gasteiger partial charge >= 0.3 is 0 Å². The van der Waals surface area contributed by atoms with Gasteiger partial charge in [0.25, 0.3) is 0 Å². The van der Waals surface area contributed by atoms with Gasteiger partial charge < -0.3 is 9.84 Å². The Kier molecular flexibility index (Phi) is 3.56. The number of aliphatic hydroxyl groups excluding tert-OH is 1. The average Bonchev–Trinajstić information content (AvgIpc) is 2.86. The van der Waals surface area contributed by atoms with Crippen molar-refractivity contribution in [2.75, 3.05) is 6.61 Å². The minimum absolute atomic E-state index is 0.146. The van der Waals surface area contributed by atoms with Gasteiger partial charge in [-0.25, -0.2) is 4.98 Å². The molecule has 0 aromatic carbocycles. The fraction of sp³-hybridized carbons (Fsp3) is 0.818. The van der Waals surface area contributed by atoms with Crippen LogP contribution in [0.4, 0.5) is 0 Å². The number of rotatable bonds is 4. The molecule has 1 N–H and O–H groups in total. The summed E-state index contributed by atoms with van der Waals surface area (Å²) in [5.41, 5.74) is 0. The summed E-state index contributed by atoms with van der Waals surface area (Å²) in [6.45, 7) is 5.58. The first kappa shape index (κ1) is 11.5. The van der Waals surface area contributed by atoms with Crippen LogP contribution < -0.4 is 0 Å². The number of nitrogens with zero attached hydrogens (tertiary/aromatic N) is 3. The zero-order valence-electron chi connectivity index (χ0n) is 9.83. The van der Waals surface area contributed by atoms with E-state index in [0.29, 0.717) is 6.42 Å². The van der Waals surface area contributed by atoms with Gasteiger partial charge in [0.05, 0.1) is 12.2 Å². The van der Waals surface area contributed by atoms with Crippen LogP contribution in [0.5, 0.6) is 0 Å². The molecule has 0 amide bonds. The molecule has 0 saturated carbocycles. The van der Waals surface area contributed by atoms with Gasteiger partial charge in [-0.2, -0.15) is 5.10 Å². The summed E-state index contributed by atoms with van der Waals surface area (Å²) in [4.78, 5) is 4.17. The van der Waals surface area contributed by atoms with Crippen LogP contribution in [0.25, 0.3) is 0 Å². The Morgan fingerprint density at radius 2 is 2.50 bits per heavy atom. The number of aromatic nitrogens is 3. The lowest BCUT2D eigenvalue weighted by Crippen LogP contribution is -2.29. The highest BCUT2D eigenvalue weighted by Crippen LogP contribution is 2.25. The maximum Gasteiger partial charge on any atom is 0.138 e. The summed E-state index contributed by atoms with van der Waals surface area (Å²) in [5.74, 6) is 1.08. The second-order valence-corrected chi connectivity index (χ2v) is 4.29. The van der Waals surface area contributed by atoms with Crippen LogP contribution in [0.15, 0.2) is 6.33 Å². The number of hydrogen-bond donors (Lipinski definition) is 1. The van der Waals surface area contributed by atoms with Crippen LogP contribution in [0.1, 0.15) is 26.1 Å². The minimum atomic E-state index is -0.382. The van der Waals surface area contributed by atoms with Crippen molar-refractivity contribution in [2.24, 2.45) is 5.92 Å². The van der Waals surface area contributed by atoms with Crippen molar-refractivity contribution < 1.29 is 9.84 Å². The Hall–Kier alpha value is -0.940. The zero-order valence-corrected chi connectivity index (χ0v) is 9.83. The Morgan fingerprint density at radius 3 is 3.12 bits per heavy atom. The third-order valence-corrected chi connectivity index (χ3v) is 3.32. The fourth-order valence-corrected chi connectivity index (χ4v) is 2.30. The SMILES string of the molecule is CCn1ncnc1CC(O)C1CCOC1C. The number of ether oxygens (including phenoxy) is 1. The molecule has 1 aliphatic heterocycles. The molecule has 16 heavy (non-hydrogen) atoms. The molecular formula is C11H19N3O2. The highest BCUT2D eigenvalue weighted by Gasteiger charge is 2.31. The van der Waals surface area contributed by atoms with E-state index in [9.17, 15) is 5.11 Å². The van der Waals surface area contributed by atoms with E-state index in [1.165, 1.54) is 0 Å². The predicted octanol–water partition coefficient (Wildman–Crippen LogP) is 0.626. The van der Waals surface area contributed by atoms with Gasteiger partial charge in [-0.15, -0.1) is 0 Å². The van der Waals surface area contributed by atoms with Crippen LogP contribution >= 0.6 is 0 Å². The van der Waals surface area contributed by atoms with Crippen molar-refractivity contribution in [1.29, 1.82) is 0 Å². The van der Waals surface area contributed by atoms with Crippen molar-refractivity contribution in [1.82, 2.24) is 14.8 Å². The van der Waals surface area contributed by atoms with Crippen LogP contribution in [0.3, 0.4) is 0 Å². The molecule has 5 nitrogen and oxygen atoms in total. The molecule has 5 heteroatoms. The fourth-order valence-electron chi connectivity index (χ4n) is 2.30. The van der Waals surface area contributed by atoms with E-state index in [-0.39, 0.29) is 18.1 Å². The van der Waals surface area contributed by atoms with E-state index in [1.807, 2.05) is 18.5 Å². The van der Waals surface area contributed by atoms with Gasteiger partial charge in [0, 0.05) is 25.5 Å². The molecule has 90 valence electrons. The van der Waals surface area contributed by atoms with Crippen molar-refractivity contribution in [3.05, 3.63) is 12.2 Å². The molecule has 3 atom stereocenters. The van der Waals surface area contributed by atoms with Gasteiger partial charge in [-0.1, -0.05) is 0 Å². The summed E-state index contributed by atoms with van der Waals surface area (Å²) in [7, 11) is 0. The molecule has 1 fully saturated rings. The summed E-state index contributed by atoms with van der Waals surface area (Å²) in [5, 5.41) is 14.2. The largest absolute Gasteiger partial charge is 0.392 e. The summed E-state index contributed by atoms with van der Waals surface area (Å²) < 4.78 is 7.28. The normalized spacial score (nSPS) is 27.2. The molecule has 3 unspecified atom stereocenters. The van der Waals surface area contributed by atoms with Crippen LogP contribution in [0.2, 0.25) is 0 Å². The third-order valence-electron chi connectivity index (χ3n) is 3.32. The first-order valence-corrected chi connectivity index (χ1v) is 5.88. The molecule has 1 saturated heterocycles. The van der Waals surface area contributed by atoms with E-state index in [1.54, 1.807) is 6.33 Å². The lowest BCUT2D eigenvalue weighted by Gasteiger charge is -2.20. The van der Waals surface area contributed by atoms with Crippen LogP contribution in [-0.2, 0) is 17.7 Å². The minimum Gasteiger partial charge on any atom is -0.392 e. The Morgan fingerprint density at radius 1 is 1.69 bits per heavy atom. The predicted molar refractivity (Wildman–Crippen MR) is 58.9 cm³/mol. The highest BCUT2D eigenvalue weighted by molar-refractivity contribution is 4.91. The van der Waals surface area contributed by atoms with Crippen LogP contribution in [-0.4, -0.2) is 38.7 Å². The molecule has 2 rings (SSSR count). The molecular weight excluding hydrogens is 206 g/mol. The maximum absolute atomic E-state index is 10.2. The number of aliphatic hydroxyl groups is 1. The van der Waals surface area contributed by atoms with Gasteiger partial charge in [-0.3, -0.25) is 4.68 Å². The van der Waals surface area contributed by atoms with Crippen molar-refractivity contribution in [3.8, 4) is 0 Å². The number of hydrogen-bond acceptors (Lipinski definition) is 4. The van der Waals surface area contributed by atoms with E-state index in [0.717, 1.165) is 25.4 Å². The van der Waals surface area contributed by atoms with Gasteiger partial charge in [-0.05, 0) is 20.3 Å². The Bertz CT molecular complexity index is 340. The van der Waals surface area contributed by atoms with Crippen LogP contribution in [0, 0.1) is 5.92 Å². The Labute approximate surface area is 95.4 Å². The van der Waals surface area contributed by atoms with E-state index in [2.05, 4.69) is 10.1 Å². The van der Waals surface area contributed by atoms with E-state index >= 15 is 0 Å². The van der Waals surface area contributed by atoms with E-state index < -0.39 is 0 Å². The molecule has 0 bridgehead atoms. The van der Waals surface area contributed by atoms with E-state index in [4.69, 9.17) is 4.74 Å². The molecule has 0 radical (unpaired) electrons. The molecule has 0 spiro atoms. The lowest BCUT2D eigenvalue weighted by atomic mass is 9.93. The lowest BCUT2D eigenvalue weighted by molar-refractivity contribution is 0.0426. The molecule has 1 aromatic heterocycles. The van der Waals surface area contributed by atoms with Crippen molar-refractivity contribution in [3.63, 3.8) is 0 Å². The summed E-state index contributed by atoms with van der Waals surface area (Å²) in [6.07, 6.45) is 2.80. The second kappa shape index (κ2) is 4.93. The summed E-state index contributed by atoms with van der Waals surface area (Å²) in [6, 6.07) is 0. The quantitative estimate of drug-likeness (QED) is 0.816. The molecule has 1 aromatic rings. The van der Waals surface area contributed by atoms with Gasteiger partial charge in [0.1, 0.15) is 12.2 Å². The van der Waals surface area contributed by atoms with Gasteiger partial charge in [0.2, 0.25) is 0 Å². The monoisotopic (exact) mass is 225 g/mol. The smallest absolute Gasteiger partial charge is 0.138 e. The highest BCUT2D eigenvalue weighted by atomic mass is 16.5. The number of aryl methyl sites for hydroxylation is 1. The Balaban J connectivity index is 1.98. The standard InChI is InChI=1S/C11H19N3O2/c1-3-14-11(12-7-13-14)6-10(15)9-4-5-16-8(9)2/h7-10,15H,3-6H2,1-2H3. The molecule has 2 heterocycles. The second-order valence-electron chi connectivity index (χ2n) is 4.29. The molecule has 1 aliphatic rings.